The number of nitrogens with zero attached hydrogens (tertiary/aromatic N) is 2. The van der Waals surface area contributed by atoms with Gasteiger partial charge in [0.2, 0.25) is 0 Å². The fourth-order valence-corrected chi connectivity index (χ4v) is 1.07. The van der Waals surface area contributed by atoms with Gasteiger partial charge in [-0.3, -0.25) is 0 Å². The van der Waals surface area contributed by atoms with E-state index in [0.717, 1.165) is 0 Å². The maximum atomic E-state index is 9.36. The lowest BCUT2D eigenvalue weighted by Gasteiger charge is -2.09. The third-order valence-electron chi connectivity index (χ3n) is 1.74. The van der Waals surface area contributed by atoms with Crippen LogP contribution < -0.4 is 0 Å². The van der Waals surface area contributed by atoms with Crippen LogP contribution >= 0.6 is 11.6 Å². The van der Waals surface area contributed by atoms with E-state index in [4.69, 9.17) is 22.1 Å². The summed E-state index contributed by atoms with van der Waals surface area (Å²) >= 11 is 5.44. The topological polar surface area (TPSA) is 67.8 Å². The van der Waals surface area contributed by atoms with Crippen LogP contribution in [0.1, 0.15) is 5.56 Å². The number of benzene rings is 1. The highest BCUT2D eigenvalue weighted by molar-refractivity contribution is 6.27. The number of rotatable bonds is 2. The molecule has 0 aromatic heterocycles. The Labute approximate surface area is 92.4 Å². The molecule has 0 spiro atoms. The number of aliphatic hydroxyl groups is 1. The summed E-state index contributed by atoms with van der Waals surface area (Å²) in [6, 6.07) is 12.0. The molecule has 0 saturated carbocycles. The van der Waals surface area contributed by atoms with Gasteiger partial charge in [-0.2, -0.15) is 10.5 Å². The van der Waals surface area contributed by atoms with E-state index in [-0.39, 0.29) is 5.57 Å². The maximum absolute atomic E-state index is 9.36. The first-order valence-electron chi connectivity index (χ1n) is 4.10. The van der Waals surface area contributed by atoms with Crippen LogP contribution in [0.15, 0.2) is 35.9 Å². The summed E-state index contributed by atoms with van der Waals surface area (Å²) < 4.78 is 0. The maximum Gasteiger partial charge on any atom is 0.263 e. The molecule has 0 fully saturated rings. The Balaban J connectivity index is 3.12. The van der Waals surface area contributed by atoms with Gasteiger partial charge in [-0.1, -0.05) is 41.9 Å². The molecule has 1 aromatic rings. The lowest BCUT2D eigenvalue weighted by atomic mass is 10.1. The van der Waals surface area contributed by atoms with E-state index in [9.17, 15) is 5.11 Å². The molecule has 1 aromatic carbocycles. The summed E-state index contributed by atoms with van der Waals surface area (Å²) in [7, 11) is 0. The van der Waals surface area contributed by atoms with Crippen molar-refractivity contribution in [2.45, 2.75) is 5.06 Å². The van der Waals surface area contributed by atoms with Gasteiger partial charge in [-0.25, -0.2) is 0 Å². The minimum atomic E-state index is -2.26. The molecule has 0 radical (unpaired) electrons. The Kier molecular flexibility index (Phi) is 3.46. The van der Waals surface area contributed by atoms with Gasteiger partial charge in [0.05, 0.1) is 5.57 Å². The zero-order chi connectivity index (χ0) is 11.3. The molecule has 0 aliphatic heterocycles. The second kappa shape index (κ2) is 4.61. The summed E-state index contributed by atoms with van der Waals surface area (Å²) in [4.78, 5) is 0. The van der Waals surface area contributed by atoms with Gasteiger partial charge in [0.25, 0.3) is 5.06 Å². The van der Waals surface area contributed by atoms with Crippen LogP contribution in [0.2, 0.25) is 0 Å². The highest BCUT2D eigenvalue weighted by Crippen LogP contribution is 2.22. The predicted octanol–water partition coefficient (Wildman–Crippen LogP) is 2.04. The van der Waals surface area contributed by atoms with Crippen molar-refractivity contribution in [3.05, 3.63) is 41.5 Å². The summed E-state index contributed by atoms with van der Waals surface area (Å²) in [5.41, 5.74) is 0.501. The largest absolute Gasteiger partial charge is 0.359 e. The van der Waals surface area contributed by atoms with Gasteiger partial charge in [0, 0.05) is 0 Å². The number of halogens is 1. The summed E-state index contributed by atoms with van der Waals surface area (Å²) in [5.74, 6) is 0. The first-order chi connectivity index (χ1) is 7.10. The number of hydrogen-bond acceptors (Lipinski definition) is 3. The normalized spacial score (nSPS) is 14.8. The average Bonchev–Trinajstić information content (AvgIpc) is 2.27. The highest BCUT2D eigenvalue weighted by atomic mass is 35.5. The second-order valence-corrected chi connectivity index (χ2v) is 3.36. The molecular formula is C11H7ClN2O. The molecule has 0 bridgehead atoms. The SMILES string of the molecule is N#CC(=Cc1ccccc1)C(O)(Cl)C#N. The molecule has 1 unspecified atom stereocenters. The number of alkyl halides is 1. The van der Waals surface area contributed by atoms with Crippen molar-refractivity contribution in [1.29, 1.82) is 10.5 Å². The van der Waals surface area contributed by atoms with Gasteiger partial charge in [0.15, 0.2) is 0 Å². The van der Waals surface area contributed by atoms with Crippen molar-refractivity contribution in [1.82, 2.24) is 0 Å². The van der Waals surface area contributed by atoms with Crippen LogP contribution in [-0.4, -0.2) is 10.2 Å². The third-order valence-corrected chi connectivity index (χ3v) is 2.02. The molecule has 3 nitrogen and oxygen atoms in total. The van der Waals surface area contributed by atoms with Crippen molar-refractivity contribution in [2.24, 2.45) is 0 Å². The third kappa shape index (κ3) is 2.82. The number of hydrogen-bond donors (Lipinski definition) is 1. The van der Waals surface area contributed by atoms with Crippen LogP contribution in [0, 0.1) is 22.7 Å². The molecule has 4 heteroatoms. The van der Waals surface area contributed by atoms with Crippen LogP contribution in [0.4, 0.5) is 0 Å². The van der Waals surface area contributed by atoms with Crippen molar-refractivity contribution in [3.63, 3.8) is 0 Å². The van der Waals surface area contributed by atoms with Gasteiger partial charge in [-0.05, 0) is 11.6 Å². The predicted molar refractivity (Wildman–Crippen MR) is 56.4 cm³/mol. The van der Waals surface area contributed by atoms with Gasteiger partial charge in [-0.15, -0.1) is 0 Å². The second-order valence-electron chi connectivity index (χ2n) is 2.81. The first kappa shape index (κ1) is 11.3. The molecule has 0 aliphatic carbocycles. The van der Waals surface area contributed by atoms with E-state index < -0.39 is 5.06 Å². The summed E-state index contributed by atoms with van der Waals surface area (Å²) in [6.07, 6.45) is 1.37. The first-order valence-corrected chi connectivity index (χ1v) is 4.48. The van der Waals surface area contributed by atoms with Crippen molar-refractivity contribution < 1.29 is 5.11 Å². The lowest BCUT2D eigenvalue weighted by Crippen LogP contribution is -2.19. The van der Waals surface area contributed by atoms with Crippen molar-refractivity contribution >= 4 is 17.7 Å². The minimum Gasteiger partial charge on any atom is -0.359 e. The van der Waals surface area contributed by atoms with Crippen LogP contribution in [0.25, 0.3) is 6.08 Å². The molecule has 0 aliphatic rings. The Morgan fingerprint density at radius 3 is 2.40 bits per heavy atom. The van der Waals surface area contributed by atoms with E-state index in [0.29, 0.717) is 5.56 Å². The molecule has 1 N–H and O–H groups in total. The van der Waals surface area contributed by atoms with Crippen LogP contribution in [0.3, 0.4) is 0 Å². The molecule has 0 saturated heterocycles. The lowest BCUT2D eigenvalue weighted by molar-refractivity contribution is 0.230. The van der Waals surface area contributed by atoms with E-state index in [2.05, 4.69) is 0 Å². The Morgan fingerprint density at radius 2 is 1.93 bits per heavy atom. The van der Waals surface area contributed by atoms with E-state index >= 15 is 0 Å². The fraction of sp³-hybridized carbons (Fsp3) is 0.0909. The molecular weight excluding hydrogens is 212 g/mol. The Bertz CT molecular complexity index is 452. The summed E-state index contributed by atoms with van der Waals surface area (Å²) in [6.45, 7) is 0. The minimum absolute atomic E-state index is 0.196. The molecule has 0 heterocycles. The van der Waals surface area contributed by atoms with E-state index in [1.54, 1.807) is 30.3 Å². The zero-order valence-electron chi connectivity index (χ0n) is 7.68. The smallest absolute Gasteiger partial charge is 0.263 e. The Morgan fingerprint density at radius 1 is 1.33 bits per heavy atom. The Hall–Kier alpha value is -1.81. The van der Waals surface area contributed by atoms with E-state index in [1.807, 2.05) is 6.07 Å². The molecule has 74 valence electrons. The zero-order valence-corrected chi connectivity index (χ0v) is 8.44. The van der Waals surface area contributed by atoms with Crippen molar-refractivity contribution in [2.75, 3.05) is 0 Å². The standard InChI is InChI=1S/C11H7ClN2O/c12-11(15,8-14)10(7-13)6-9-4-2-1-3-5-9/h1-6,15H. The van der Waals surface area contributed by atoms with Crippen LogP contribution in [-0.2, 0) is 0 Å². The average molecular weight is 219 g/mol. The van der Waals surface area contributed by atoms with E-state index in [1.165, 1.54) is 12.1 Å². The highest BCUT2D eigenvalue weighted by Gasteiger charge is 2.28. The monoisotopic (exact) mass is 218 g/mol. The van der Waals surface area contributed by atoms with Gasteiger partial charge >= 0.3 is 0 Å². The number of nitriles is 2. The molecule has 15 heavy (non-hydrogen) atoms. The van der Waals surface area contributed by atoms with Gasteiger partial charge in [0.1, 0.15) is 12.1 Å². The fourth-order valence-electron chi connectivity index (χ4n) is 0.978. The quantitative estimate of drug-likeness (QED) is 0.469. The van der Waals surface area contributed by atoms with Crippen molar-refractivity contribution in [3.8, 4) is 12.1 Å². The van der Waals surface area contributed by atoms with Gasteiger partial charge < -0.3 is 5.11 Å². The van der Waals surface area contributed by atoms with Crippen LogP contribution in [0.5, 0.6) is 0 Å². The molecule has 0 amide bonds. The molecule has 1 atom stereocenters. The molecule has 1 rings (SSSR count). The summed E-state index contributed by atoms with van der Waals surface area (Å²) in [5, 5.41) is 24.4.